The highest BCUT2D eigenvalue weighted by Gasteiger charge is 2.54. The third kappa shape index (κ3) is 12.1. The van der Waals surface area contributed by atoms with Crippen LogP contribution in [0.15, 0.2) is 45.6 Å². The summed E-state index contributed by atoms with van der Waals surface area (Å²) in [6.45, 7) is -3.41. The third-order valence-corrected chi connectivity index (χ3v) is 16.8. The zero-order valence-corrected chi connectivity index (χ0v) is 41.8. The Morgan fingerprint density at radius 1 is 0.800 bits per heavy atom. The fourth-order valence-electron chi connectivity index (χ4n) is 8.36. The average molecular weight is 1150 g/mol. The number of aliphatic hydroxyl groups excluding tert-OH is 3. The van der Waals surface area contributed by atoms with Crippen LogP contribution in [0.3, 0.4) is 0 Å². The molecule has 3 saturated heterocycles. The minimum Gasteiger partial charge on any atom is -0.387 e. The number of aromatic amines is 2. The highest BCUT2D eigenvalue weighted by atomic mass is 31.3. The van der Waals surface area contributed by atoms with Crippen LogP contribution in [0.4, 0.5) is 11.8 Å². The second kappa shape index (κ2) is 21.4. The van der Waals surface area contributed by atoms with Gasteiger partial charge in [-0.25, -0.2) is 42.6 Å². The van der Waals surface area contributed by atoms with Crippen molar-refractivity contribution >= 4 is 71.3 Å². The van der Waals surface area contributed by atoms with E-state index in [1.54, 1.807) is 0 Å². The monoisotopic (exact) mass is 1150 g/mol. The first-order valence-corrected chi connectivity index (χ1v) is 27.2. The van der Waals surface area contributed by atoms with Crippen molar-refractivity contribution < 1.29 is 108 Å². The van der Waals surface area contributed by atoms with Crippen LogP contribution in [0, 0.1) is 5.92 Å². The Hall–Kier alpha value is -5.11. The van der Waals surface area contributed by atoms with Crippen LogP contribution in [0.1, 0.15) is 25.1 Å². The smallest absolute Gasteiger partial charge is 0.387 e. The number of hydrogen-bond acceptors (Lipinski definition) is 27. The first-order valence-electron chi connectivity index (χ1n) is 21.3. The molecule has 5 aromatic heterocycles. The fourth-order valence-corrected chi connectivity index (χ4v) is 12.8. The first kappa shape index (κ1) is 56.1. The predicted octanol–water partition coefficient (Wildman–Crippen LogP) is -4.75. The normalized spacial score (nSPS) is 30.3. The number of anilines is 2. The number of nitrogens with zero attached hydrogens (tertiary/aromatic N) is 8. The van der Waals surface area contributed by atoms with Gasteiger partial charge in [0.15, 0.2) is 30.2 Å². The standard InChI is InChI=1S/C33H45N13O25P4/c1-43-11-46(27-19(43)28(52)42-32(36)41-27)29-20(49)12(5-16(34)47)13(66-29)6-64-73(56,57)70-75(60,61)71-74(58,59)65-8-15-23(24(62-2)31(68-15)45-10-39-18-25(35)37-9-38-26(18)45)69-72(54,55)63-7-14-21(50)22(51)30(67-14)44-4-3-17(48)40-33(44)53/h3-4,9-15,20-24,29-31,49-51H,5-8H2,1-2H3,(H11-,34,35,36,37,38,40,41,42,47,48,52,53,54,55,56,57,58,59,60,61)/p+1/t12-,13-,14-,15-,20-,21-,22-,23-,24-,29?,30-,31-/m1/s1. The van der Waals surface area contributed by atoms with Gasteiger partial charge in [-0.3, -0.25) is 56.1 Å². The molecule has 8 heterocycles. The number of fused-ring (bicyclic) bond motifs is 2. The Morgan fingerprint density at radius 2 is 1.44 bits per heavy atom. The molecule has 0 bridgehead atoms. The molecule has 1 amide bonds. The number of hydrogen-bond donors (Lipinski definition) is 12. The van der Waals surface area contributed by atoms with Crippen LogP contribution in [0.2, 0.25) is 0 Å². The fraction of sp³-hybridized carbons (Fsp3) is 0.545. The highest BCUT2D eigenvalue weighted by molar-refractivity contribution is 7.66. The van der Waals surface area contributed by atoms with Crippen molar-refractivity contribution in [3.63, 3.8) is 0 Å². The number of nitrogens with one attached hydrogen (secondary N) is 2. The molecule has 5 unspecified atom stereocenters. The van der Waals surface area contributed by atoms with E-state index in [1.165, 1.54) is 22.5 Å². The number of amides is 1. The van der Waals surface area contributed by atoms with Crippen LogP contribution in [0.5, 0.6) is 0 Å². The van der Waals surface area contributed by atoms with Gasteiger partial charge in [0.25, 0.3) is 17.1 Å². The molecule has 0 saturated carbocycles. The lowest BCUT2D eigenvalue weighted by Gasteiger charge is -2.26. The van der Waals surface area contributed by atoms with Crippen molar-refractivity contribution in [2.75, 3.05) is 38.4 Å². The zero-order chi connectivity index (χ0) is 54.7. The van der Waals surface area contributed by atoms with Gasteiger partial charge in [-0.2, -0.15) is 8.62 Å². The number of phosphoric ester groups is 3. The largest absolute Gasteiger partial charge is 0.490 e. The maximum absolute atomic E-state index is 13.6. The van der Waals surface area contributed by atoms with E-state index in [1.807, 2.05) is 4.98 Å². The summed E-state index contributed by atoms with van der Waals surface area (Å²) >= 11 is 0. The molecule has 3 fully saturated rings. The number of ether oxygens (including phenoxy) is 4. The number of carbonyl (C=O) groups is 1. The molecule has 38 nitrogen and oxygen atoms in total. The second-order valence-electron chi connectivity index (χ2n) is 16.6. The molecule has 3 aliphatic heterocycles. The van der Waals surface area contributed by atoms with Crippen LogP contribution in [-0.4, -0.2) is 160 Å². The van der Waals surface area contributed by atoms with E-state index >= 15 is 0 Å². The Balaban J connectivity index is 0.944. The number of nitrogen functional groups attached to an aromatic ring is 2. The van der Waals surface area contributed by atoms with Gasteiger partial charge in [0.1, 0.15) is 54.6 Å². The van der Waals surface area contributed by atoms with Gasteiger partial charge >= 0.3 is 42.6 Å². The number of aromatic nitrogens is 10. The average Bonchev–Trinajstić information content (AvgIpc) is 4.10. The van der Waals surface area contributed by atoms with Crippen LogP contribution < -0.4 is 38.6 Å². The van der Waals surface area contributed by atoms with Crippen molar-refractivity contribution in [2.45, 2.75) is 73.9 Å². The quantitative estimate of drug-likeness (QED) is 0.0242. The van der Waals surface area contributed by atoms with Crippen LogP contribution in [0.25, 0.3) is 22.3 Å². The van der Waals surface area contributed by atoms with Crippen molar-refractivity contribution in [2.24, 2.45) is 18.7 Å². The SMILES string of the molecule is CO[C@@H]1[C@H](OP(=O)(O)OC[C@H]2O[C@@H](n3ccc(=O)[nH]c3=O)[C@H](O)[C@@H]2O)[C@@H](COP(=O)(O)OP(=O)(O)OP(=O)(O)OC[C@H]2OC([n+]3cn(C)c4c(=O)[nH]c(N)nc43)[C@H](O)[C@@H]2CC(N)=O)O[C@H]1n1cnc2c(N)ncnc21. The Bertz CT molecular complexity index is 3350. The number of aryl methyl sites for hydroxylation is 1. The predicted molar refractivity (Wildman–Crippen MR) is 239 cm³/mol. The van der Waals surface area contributed by atoms with E-state index in [9.17, 15) is 72.3 Å². The number of aliphatic hydroxyl groups is 3. The number of imidazole rings is 2. The van der Waals surface area contributed by atoms with E-state index < -0.39 is 154 Å². The molecule has 0 radical (unpaired) electrons. The van der Waals surface area contributed by atoms with Gasteiger partial charge in [0.05, 0.1) is 39.3 Å². The summed E-state index contributed by atoms with van der Waals surface area (Å²) in [6.07, 6.45) is -14.7. The molecule has 3 aliphatic rings. The highest BCUT2D eigenvalue weighted by Crippen LogP contribution is 2.68. The minimum absolute atomic E-state index is 0.00569. The number of primary amides is 1. The minimum atomic E-state index is -6.24. The maximum Gasteiger partial charge on any atom is 0.490 e. The maximum atomic E-state index is 13.6. The van der Waals surface area contributed by atoms with Gasteiger partial charge < -0.3 is 71.0 Å². The summed E-state index contributed by atoms with van der Waals surface area (Å²) in [7, 11) is -21.0. The van der Waals surface area contributed by atoms with E-state index in [4.69, 9.17) is 54.2 Å². The lowest BCUT2D eigenvalue weighted by atomic mass is 9.94. The Kier molecular flexibility index (Phi) is 16.0. The molecular weight excluding hydrogens is 1100 g/mol. The molecule has 0 aromatic carbocycles. The lowest BCUT2D eigenvalue weighted by Crippen LogP contribution is -2.45. The summed E-state index contributed by atoms with van der Waals surface area (Å²) in [5.74, 6) is -2.71. The van der Waals surface area contributed by atoms with Gasteiger partial charge in [-0.1, -0.05) is 4.98 Å². The van der Waals surface area contributed by atoms with E-state index in [0.29, 0.717) is 0 Å². The van der Waals surface area contributed by atoms with Crippen molar-refractivity contribution in [3.8, 4) is 0 Å². The van der Waals surface area contributed by atoms with Crippen molar-refractivity contribution in [1.29, 1.82) is 0 Å². The summed E-state index contributed by atoms with van der Waals surface area (Å²) in [5.41, 5.74) is 14.4. The molecule has 0 spiro atoms. The number of nitrogens with two attached hydrogens (primary N) is 3. The molecule has 8 rings (SSSR count). The lowest BCUT2D eigenvalue weighted by molar-refractivity contribution is -0.745. The van der Waals surface area contributed by atoms with Gasteiger partial charge in [-0.15, -0.1) is 0 Å². The molecule has 42 heteroatoms. The van der Waals surface area contributed by atoms with Crippen LogP contribution >= 0.6 is 31.3 Å². The molecular formula is C33H46N13O25P4+. The van der Waals surface area contributed by atoms with E-state index in [-0.39, 0.29) is 34.1 Å². The number of methoxy groups -OCH3 is 1. The van der Waals surface area contributed by atoms with Gasteiger partial charge in [0, 0.05) is 31.7 Å². The second-order valence-corrected chi connectivity index (χ2v) is 22.6. The molecule has 16 atom stereocenters. The topological polar surface area (TPSA) is 550 Å². The molecule has 15 N–H and O–H groups in total. The molecule has 412 valence electrons. The number of H-pyrrole nitrogens is 2. The summed E-state index contributed by atoms with van der Waals surface area (Å²) < 4.78 is 109. The third-order valence-electron chi connectivity index (χ3n) is 11.6. The molecule has 5 aromatic rings. The van der Waals surface area contributed by atoms with Crippen molar-refractivity contribution in [3.05, 3.63) is 62.4 Å². The van der Waals surface area contributed by atoms with E-state index in [2.05, 4.69) is 33.5 Å². The number of rotatable bonds is 21. The summed E-state index contributed by atoms with van der Waals surface area (Å²) in [5, 5.41) is 32.5. The molecule has 0 aliphatic carbocycles. The first-order chi connectivity index (χ1) is 35.1. The summed E-state index contributed by atoms with van der Waals surface area (Å²) in [6, 6.07) is 0.918. The van der Waals surface area contributed by atoms with Gasteiger partial charge in [-0.05, 0) is 0 Å². The summed E-state index contributed by atoms with van der Waals surface area (Å²) in [4.78, 5) is 111. The van der Waals surface area contributed by atoms with E-state index in [0.717, 1.165) is 41.2 Å². The number of carbonyl (C=O) groups excluding carboxylic acids is 1. The Labute approximate surface area is 415 Å². The zero-order valence-electron chi connectivity index (χ0n) is 38.2. The van der Waals surface area contributed by atoms with Gasteiger partial charge in [0.2, 0.25) is 17.7 Å². The Morgan fingerprint density at radius 3 is 2.09 bits per heavy atom. The number of phosphoric acid groups is 4. The van der Waals surface area contributed by atoms with Crippen LogP contribution in [-0.2, 0) is 75.8 Å². The molecule has 75 heavy (non-hydrogen) atoms. The van der Waals surface area contributed by atoms with Crippen molar-refractivity contribution in [1.82, 2.24) is 43.6 Å².